The van der Waals surface area contributed by atoms with Crippen molar-refractivity contribution in [3.05, 3.63) is 179 Å². The number of aromatic nitrogens is 2. The molecule has 0 radical (unpaired) electrons. The second-order valence-corrected chi connectivity index (χ2v) is 25.6. The van der Waals surface area contributed by atoms with Crippen molar-refractivity contribution in [3.8, 4) is 17.3 Å². The van der Waals surface area contributed by atoms with E-state index in [9.17, 15) is 0 Å². The van der Waals surface area contributed by atoms with Crippen molar-refractivity contribution in [2.24, 2.45) is 0 Å². The van der Waals surface area contributed by atoms with E-state index >= 15 is 0 Å². The zero-order valence-electron chi connectivity index (χ0n) is 45.2. The molecule has 0 fully saturated rings. The summed E-state index contributed by atoms with van der Waals surface area (Å²) in [6.45, 7) is 39.9. The topological polar surface area (TPSA) is 33.5 Å². The van der Waals surface area contributed by atoms with Gasteiger partial charge in [0.15, 0.2) is 0 Å². The van der Waals surface area contributed by atoms with Crippen LogP contribution in [0.2, 0.25) is 0 Å². The number of rotatable bonds is 7. The molecule has 1 aliphatic rings. The lowest BCUT2D eigenvalue weighted by molar-refractivity contribution is 0.479. The predicted octanol–water partition coefficient (Wildman–Crippen LogP) is 18.0. The van der Waals surface area contributed by atoms with Gasteiger partial charge in [-0.25, -0.2) is 4.98 Å². The van der Waals surface area contributed by atoms with Crippen LogP contribution >= 0.6 is 0 Å². The third-order valence-corrected chi connectivity index (χ3v) is 14.7. The lowest BCUT2D eigenvalue weighted by atomic mass is 9.74. The Morgan fingerprint density at radius 1 is 0.400 bits per heavy atom. The van der Waals surface area contributed by atoms with Crippen LogP contribution < -0.4 is 14.5 Å². The summed E-state index contributed by atoms with van der Waals surface area (Å²) in [6, 6.07) is 49.8. The van der Waals surface area contributed by atoms with E-state index in [0.717, 1.165) is 34.0 Å². The fraction of sp³-hybridized carbons (Fsp3) is 0.369. The first kappa shape index (κ1) is 48.7. The third kappa shape index (κ3) is 9.13. The molecular weight excluding hydrogens is 853 g/mol. The van der Waals surface area contributed by atoms with Gasteiger partial charge in [-0.05, 0) is 139 Å². The number of ether oxygens (including phenoxy) is 1. The van der Waals surface area contributed by atoms with Gasteiger partial charge < -0.3 is 14.5 Å². The Morgan fingerprint density at radius 3 is 1.60 bits per heavy atom. The highest BCUT2D eigenvalue weighted by molar-refractivity contribution is 6.10. The van der Waals surface area contributed by atoms with Crippen molar-refractivity contribution in [3.63, 3.8) is 0 Å². The van der Waals surface area contributed by atoms with E-state index in [1.807, 2.05) is 6.20 Å². The van der Waals surface area contributed by atoms with Crippen LogP contribution in [0.25, 0.3) is 27.6 Å². The van der Waals surface area contributed by atoms with E-state index in [0.29, 0.717) is 6.67 Å². The Labute approximate surface area is 419 Å². The van der Waals surface area contributed by atoms with E-state index < -0.39 is 0 Å². The Morgan fingerprint density at radius 2 is 0.986 bits per heavy atom. The Kier molecular flexibility index (Phi) is 11.8. The van der Waals surface area contributed by atoms with Gasteiger partial charge in [-0.3, -0.25) is 4.57 Å². The summed E-state index contributed by atoms with van der Waals surface area (Å²) in [5.41, 5.74) is 15.5. The van der Waals surface area contributed by atoms with Gasteiger partial charge in [-0.1, -0.05) is 166 Å². The highest BCUT2D eigenvalue weighted by atomic mass is 16.5. The second kappa shape index (κ2) is 16.9. The molecule has 8 aromatic rings. The number of hydrogen-bond donors (Lipinski definition) is 0. The van der Waals surface area contributed by atoms with Gasteiger partial charge in [0, 0.05) is 45.9 Å². The lowest BCUT2D eigenvalue weighted by Crippen LogP contribution is -2.25. The van der Waals surface area contributed by atoms with Crippen molar-refractivity contribution in [1.29, 1.82) is 0 Å². The Hall–Kier alpha value is -6.33. The van der Waals surface area contributed by atoms with E-state index in [-0.39, 0.29) is 32.5 Å². The molecule has 1 aliphatic heterocycles. The van der Waals surface area contributed by atoms with Crippen molar-refractivity contribution < 1.29 is 4.74 Å². The van der Waals surface area contributed by atoms with Crippen LogP contribution in [0.3, 0.4) is 0 Å². The number of fused-ring (bicyclic) bond motifs is 4. The molecule has 0 saturated heterocycles. The molecule has 5 heteroatoms. The summed E-state index contributed by atoms with van der Waals surface area (Å²) in [5.74, 6) is 2.49. The maximum Gasteiger partial charge on any atom is 0.137 e. The first-order valence-electron chi connectivity index (χ1n) is 25.4. The molecule has 0 amide bonds. The molecule has 362 valence electrons. The standard InChI is InChI=1S/C65H76N4O/c1-60(2,3)43-26-29-55-52(35-43)51-28-27-49(38-56(51)69(55)59-36-44(30-31-66-59)61(4,5)6)70-50-34-46(62(7,8)9)33-48(37-50)68-41-67(57-39-53(63(10,11)12)54(40-58(57)68)64(13,14)15)47-25-21-24-45(32-47)65(16,17)42-22-19-18-20-23-42/h18-40H,41H2,1-17H3. The molecule has 3 heterocycles. The molecule has 2 aromatic heterocycles. The second-order valence-electron chi connectivity index (χ2n) is 25.6. The van der Waals surface area contributed by atoms with Gasteiger partial charge in [0.1, 0.15) is 24.0 Å². The van der Waals surface area contributed by atoms with Crippen LogP contribution in [0.4, 0.5) is 22.7 Å². The van der Waals surface area contributed by atoms with Crippen LogP contribution in [0.1, 0.15) is 157 Å². The van der Waals surface area contributed by atoms with Crippen molar-refractivity contribution in [1.82, 2.24) is 9.55 Å². The summed E-state index contributed by atoms with van der Waals surface area (Å²) in [5, 5.41) is 2.39. The molecule has 0 N–H and O–H groups in total. The first-order valence-corrected chi connectivity index (χ1v) is 25.4. The van der Waals surface area contributed by atoms with Crippen molar-refractivity contribution >= 4 is 44.6 Å². The minimum absolute atomic E-state index is 0.00520. The lowest BCUT2D eigenvalue weighted by Gasteiger charge is -2.32. The molecule has 0 atom stereocenters. The van der Waals surface area contributed by atoms with Crippen molar-refractivity contribution in [2.45, 2.75) is 150 Å². The fourth-order valence-corrected chi connectivity index (χ4v) is 10.2. The van der Waals surface area contributed by atoms with Gasteiger partial charge in [0.05, 0.1) is 22.4 Å². The molecule has 0 unspecified atom stereocenters. The minimum Gasteiger partial charge on any atom is -0.457 e. The monoisotopic (exact) mass is 929 g/mol. The van der Waals surface area contributed by atoms with Gasteiger partial charge in [-0.2, -0.15) is 0 Å². The van der Waals surface area contributed by atoms with Crippen LogP contribution in [-0.2, 0) is 32.5 Å². The van der Waals surface area contributed by atoms with E-state index in [1.165, 1.54) is 66.8 Å². The van der Waals surface area contributed by atoms with E-state index in [1.54, 1.807) is 0 Å². The van der Waals surface area contributed by atoms with E-state index in [4.69, 9.17) is 9.72 Å². The molecule has 0 saturated carbocycles. The fourth-order valence-electron chi connectivity index (χ4n) is 10.2. The number of pyridine rings is 1. The average molecular weight is 929 g/mol. The molecule has 9 rings (SSSR count). The highest BCUT2D eigenvalue weighted by Gasteiger charge is 2.36. The first-order chi connectivity index (χ1) is 32.6. The third-order valence-electron chi connectivity index (χ3n) is 14.7. The SMILES string of the molecule is CC(C)(C)c1cc(Oc2ccc3c4cc(C(C)(C)C)ccc4n(-c4cc(C(C)(C)C)ccn4)c3c2)cc(N2CN(c3cccc(C(C)(C)c4ccccc4)c3)c3cc(C(C)(C)C)c(C(C)(C)C)cc32)c1. The normalized spacial score (nSPS) is 14.0. The Bertz CT molecular complexity index is 3260. The molecule has 0 bridgehead atoms. The number of benzene rings is 6. The predicted molar refractivity (Wildman–Crippen MR) is 299 cm³/mol. The zero-order valence-corrected chi connectivity index (χ0v) is 45.2. The summed E-state index contributed by atoms with van der Waals surface area (Å²) >= 11 is 0. The molecule has 0 spiro atoms. The molecule has 6 aromatic carbocycles. The minimum atomic E-state index is -0.181. The maximum absolute atomic E-state index is 7.13. The summed E-state index contributed by atoms with van der Waals surface area (Å²) < 4.78 is 9.45. The number of anilines is 4. The molecule has 5 nitrogen and oxygen atoms in total. The smallest absolute Gasteiger partial charge is 0.137 e. The van der Waals surface area contributed by atoms with Crippen LogP contribution in [0.5, 0.6) is 11.5 Å². The largest absolute Gasteiger partial charge is 0.457 e. The molecule has 0 aliphatic carbocycles. The van der Waals surface area contributed by atoms with E-state index in [2.05, 4.69) is 266 Å². The molecule has 70 heavy (non-hydrogen) atoms. The van der Waals surface area contributed by atoms with Gasteiger partial charge in [0.2, 0.25) is 0 Å². The maximum atomic E-state index is 7.13. The van der Waals surface area contributed by atoms with Gasteiger partial charge in [-0.15, -0.1) is 0 Å². The average Bonchev–Trinajstić information content (AvgIpc) is 3.83. The zero-order chi connectivity index (χ0) is 50.5. The van der Waals surface area contributed by atoms with Crippen LogP contribution in [-0.4, -0.2) is 16.2 Å². The summed E-state index contributed by atoms with van der Waals surface area (Å²) in [7, 11) is 0. The van der Waals surface area contributed by atoms with Crippen LogP contribution in [0, 0.1) is 0 Å². The highest BCUT2D eigenvalue weighted by Crippen LogP contribution is 2.51. The Balaban J connectivity index is 1.19. The van der Waals surface area contributed by atoms with Gasteiger partial charge in [0.25, 0.3) is 0 Å². The number of hydrogen-bond acceptors (Lipinski definition) is 4. The molecular formula is C65H76N4O. The van der Waals surface area contributed by atoms with Crippen molar-refractivity contribution in [2.75, 3.05) is 16.5 Å². The number of nitrogens with zero attached hydrogens (tertiary/aromatic N) is 4. The van der Waals surface area contributed by atoms with Crippen LogP contribution in [0.15, 0.2) is 140 Å². The summed E-state index contributed by atoms with van der Waals surface area (Å²) in [6.07, 6.45) is 1.95. The van der Waals surface area contributed by atoms with Gasteiger partial charge >= 0.3 is 0 Å². The summed E-state index contributed by atoms with van der Waals surface area (Å²) in [4.78, 5) is 10.0. The quantitative estimate of drug-likeness (QED) is 0.159.